The number of imidazole rings is 1. The van der Waals surface area contributed by atoms with Gasteiger partial charge in [0.1, 0.15) is 5.82 Å². The zero-order valence-corrected chi connectivity index (χ0v) is 16.6. The van der Waals surface area contributed by atoms with Crippen molar-refractivity contribution in [3.8, 4) is 11.5 Å². The van der Waals surface area contributed by atoms with Crippen LogP contribution in [0.5, 0.6) is 11.5 Å². The lowest BCUT2D eigenvalue weighted by atomic mass is 9.97. The number of benzene rings is 1. The van der Waals surface area contributed by atoms with Crippen molar-refractivity contribution >= 4 is 5.91 Å². The van der Waals surface area contributed by atoms with Crippen LogP contribution in [0.25, 0.3) is 0 Å². The molecule has 1 aromatic carbocycles. The summed E-state index contributed by atoms with van der Waals surface area (Å²) in [4.78, 5) is 16.0. The van der Waals surface area contributed by atoms with Crippen LogP contribution in [0.3, 0.4) is 0 Å². The molecule has 0 fully saturated rings. The lowest BCUT2D eigenvalue weighted by Gasteiger charge is -2.30. The predicted molar refractivity (Wildman–Crippen MR) is 98.9 cm³/mol. The van der Waals surface area contributed by atoms with Gasteiger partial charge in [-0.05, 0) is 32.0 Å². The van der Waals surface area contributed by atoms with Crippen molar-refractivity contribution < 1.29 is 32.5 Å². The van der Waals surface area contributed by atoms with Crippen molar-refractivity contribution in [2.24, 2.45) is 7.05 Å². The molecule has 1 heterocycles. The molecule has 2 aromatic rings. The van der Waals surface area contributed by atoms with Gasteiger partial charge in [-0.3, -0.25) is 4.79 Å². The van der Waals surface area contributed by atoms with Gasteiger partial charge in [0.15, 0.2) is 11.5 Å². The van der Waals surface area contributed by atoms with E-state index in [1.165, 1.54) is 32.5 Å². The first-order valence-corrected chi connectivity index (χ1v) is 8.89. The van der Waals surface area contributed by atoms with Gasteiger partial charge in [0.05, 0.1) is 13.2 Å². The quantitative estimate of drug-likeness (QED) is 0.693. The molecule has 1 amide bonds. The van der Waals surface area contributed by atoms with E-state index >= 15 is 0 Å². The average Bonchev–Trinajstić information content (AvgIpc) is 3.06. The Morgan fingerprint density at radius 3 is 2.52 bits per heavy atom. The van der Waals surface area contributed by atoms with Crippen molar-refractivity contribution in [2.75, 3.05) is 13.7 Å². The minimum atomic E-state index is -4.96. The number of carbonyl (C=O) groups is 1. The molecule has 0 aliphatic heterocycles. The number of aliphatic hydroxyl groups is 1. The Morgan fingerprint density at radius 1 is 1.31 bits per heavy atom. The highest BCUT2D eigenvalue weighted by atomic mass is 19.4. The van der Waals surface area contributed by atoms with E-state index in [9.17, 15) is 23.1 Å². The Balaban J connectivity index is 2.11. The monoisotopic (exact) mass is 415 g/mol. The first-order chi connectivity index (χ1) is 13.5. The van der Waals surface area contributed by atoms with Gasteiger partial charge < -0.3 is 24.5 Å². The number of hydrogen-bond donors (Lipinski definition) is 2. The number of nitrogens with zero attached hydrogens (tertiary/aromatic N) is 2. The smallest absolute Gasteiger partial charge is 0.424 e. The van der Waals surface area contributed by atoms with Gasteiger partial charge in [-0.25, -0.2) is 4.98 Å². The topological polar surface area (TPSA) is 85.6 Å². The van der Waals surface area contributed by atoms with Crippen LogP contribution in [0.2, 0.25) is 0 Å². The Hall–Kier alpha value is -2.75. The van der Waals surface area contributed by atoms with E-state index in [0.717, 1.165) is 10.8 Å². The highest BCUT2D eigenvalue weighted by Crippen LogP contribution is 2.40. The van der Waals surface area contributed by atoms with Gasteiger partial charge in [-0.1, -0.05) is 0 Å². The molecule has 0 aliphatic carbocycles. The molecule has 1 atom stereocenters. The first kappa shape index (κ1) is 22.5. The minimum absolute atomic E-state index is 0.102. The van der Waals surface area contributed by atoms with E-state index in [0.29, 0.717) is 11.5 Å². The number of aromatic nitrogens is 2. The summed E-state index contributed by atoms with van der Waals surface area (Å²) in [6.45, 7) is 3.25. The zero-order chi connectivity index (χ0) is 21.8. The van der Waals surface area contributed by atoms with Gasteiger partial charge in [0.2, 0.25) is 5.60 Å². The number of aryl methyl sites for hydroxylation is 1. The standard InChI is InChI=1S/C19H24F3N3O4/c1-12(2)29-14-6-5-13(11-15(14)28-4)16(26)23-8-7-18(27,19(20,21)22)17-24-9-10-25(17)3/h5-6,9-12,27H,7-8H2,1-4H3,(H,23,26). The van der Waals surface area contributed by atoms with Crippen LogP contribution in [0.15, 0.2) is 30.6 Å². The van der Waals surface area contributed by atoms with E-state index in [-0.39, 0.29) is 11.7 Å². The molecule has 0 saturated carbocycles. The van der Waals surface area contributed by atoms with Gasteiger partial charge in [0, 0.05) is 38.0 Å². The fraction of sp³-hybridized carbons (Fsp3) is 0.474. The number of carbonyl (C=O) groups excluding carboxylic acids is 1. The Labute approximate surface area is 166 Å². The maximum atomic E-state index is 13.5. The summed E-state index contributed by atoms with van der Waals surface area (Å²) in [6.07, 6.45) is -3.39. The predicted octanol–water partition coefficient (Wildman–Crippen LogP) is 2.79. The molecule has 2 N–H and O–H groups in total. The number of halogens is 3. The molecule has 0 radical (unpaired) electrons. The fourth-order valence-electron chi connectivity index (χ4n) is 2.76. The highest BCUT2D eigenvalue weighted by Gasteiger charge is 2.57. The molecule has 0 saturated heterocycles. The second kappa shape index (κ2) is 8.73. The normalized spacial score (nSPS) is 13.8. The van der Waals surface area contributed by atoms with E-state index < -0.39 is 36.5 Å². The second-order valence-corrected chi connectivity index (χ2v) is 6.76. The third-order valence-electron chi connectivity index (χ3n) is 4.22. The summed E-state index contributed by atoms with van der Waals surface area (Å²) in [5.74, 6) is -0.383. The lowest BCUT2D eigenvalue weighted by Crippen LogP contribution is -2.46. The number of ether oxygens (including phenoxy) is 2. The third-order valence-corrected chi connectivity index (χ3v) is 4.22. The summed E-state index contributed by atoms with van der Waals surface area (Å²) in [5, 5.41) is 12.7. The van der Waals surface area contributed by atoms with Crippen LogP contribution in [-0.4, -0.2) is 46.5 Å². The van der Waals surface area contributed by atoms with Crippen LogP contribution in [-0.2, 0) is 12.6 Å². The molecular weight excluding hydrogens is 391 g/mol. The molecule has 160 valence electrons. The Bertz CT molecular complexity index is 851. The number of rotatable bonds is 8. The van der Waals surface area contributed by atoms with Crippen molar-refractivity contribution in [3.05, 3.63) is 42.0 Å². The van der Waals surface area contributed by atoms with E-state index in [4.69, 9.17) is 9.47 Å². The summed E-state index contributed by atoms with van der Waals surface area (Å²) < 4.78 is 52.3. The van der Waals surface area contributed by atoms with Gasteiger partial charge in [-0.15, -0.1) is 0 Å². The van der Waals surface area contributed by atoms with Crippen molar-refractivity contribution in [1.82, 2.24) is 14.9 Å². The molecule has 10 heteroatoms. The fourth-order valence-corrected chi connectivity index (χ4v) is 2.76. The molecule has 7 nitrogen and oxygen atoms in total. The molecule has 0 spiro atoms. The third kappa shape index (κ3) is 5.00. The number of alkyl halides is 3. The van der Waals surface area contributed by atoms with E-state index in [1.54, 1.807) is 6.07 Å². The van der Waals surface area contributed by atoms with Crippen LogP contribution >= 0.6 is 0 Å². The number of hydrogen-bond acceptors (Lipinski definition) is 5. The SMILES string of the molecule is COc1cc(C(=O)NCCC(O)(c2nccn2C)C(F)(F)F)ccc1OC(C)C. The van der Waals surface area contributed by atoms with E-state index in [1.807, 2.05) is 13.8 Å². The summed E-state index contributed by atoms with van der Waals surface area (Å²) >= 11 is 0. The van der Waals surface area contributed by atoms with Crippen molar-refractivity contribution in [2.45, 2.75) is 38.1 Å². The molecule has 29 heavy (non-hydrogen) atoms. The maximum absolute atomic E-state index is 13.5. The second-order valence-electron chi connectivity index (χ2n) is 6.76. The Morgan fingerprint density at radius 2 is 2.00 bits per heavy atom. The van der Waals surface area contributed by atoms with Crippen molar-refractivity contribution in [3.63, 3.8) is 0 Å². The van der Waals surface area contributed by atoms with Gasteiger partial charge in [0.25, 0.3) is 5.91 Å². The first-order valence-electron chi connectivity index (χ1n) is 8.89. The molecule has 0 bridgehead atoms. The maximum Gasteiger partial charge on any atom is 0.424 e. The van der Waals surface area contributed by atoms with Crippen LogP contribution in [0.4, 0.5) is 13.2 Å². The number of methoxy groups -OCH3 is 1. The summed E-state index contributed by atoms with van der Waals surface area (Å²) in [6, 6.07) is 4.46. The van der Waals surface area contributed by atoms with Crippen LogP contribution in [0.1, 0.15) is 36.5 Å². The zero-order valence-electron chi connectivity index (χ0n) is 16.6. The number of amides is 1. The number of nitrogens with one attached hydrogen (secondary N) is 1. The van der Waals surface area contributed by atoms with Crippen LogP contribution < -0.4 is 14.8 Å². The van der Waals surface area contributed by atoms with E-state index in [2.05, 4.69) is 10.3 Å². The summed E-state index contributed by atoms with van der Waals surface area (Å²) in [7, 11) is 2.77. The molecular formula is C19H24F3N3O4. The van der Waals surface area contributed by atoms with Crippen molar-refractivity contribution in [1.29, 1.82) is 0 Å². The molecule has 0 aliphatic rings. The Kier molecular flexibility index (Phi) is 6.78. The lowest BCUT2D eigenvalue weighted by molar-refractivity contribution is -0.272. The highest BCUT2D eigenvalue weighted by molar-refractivity contribution is 5.94. The molecule has 2 rings (SSSR count). The molecule has 1 aromatic heterocycles. The summed E-state index contributed by atoms with van der Waals surface area (Å²) in [5.41, 5.74) is -3.00. The average molecular weight is 415 g/mol. The minimum Gasteiger partial charge on any atom is -0.493 e. The van der Waals surface area contributed by atoms with Gasteiger partial charge >= 0.3 is 6.18 Å². The molecule has 1 unspecified atom stereocenters. The van der Waals surface area contributed by atoms with Crippen LogP contribution in [0, 0.1) is 0 Å². The largest absolute Gasteiger partial charge is 0.493 e. The van der Waals surface area contributed by atoms with Gasteiger partial charge in [-0.2, -0.15) is 13.2 Å².